The number of carbonyl (C=O) groups excluding carboxylic acids is 2. The summed E-state index contributed by atoms with van der Waals surface area (Å²) in [6.45, 7) is 0. The molecule has 0 saturated carbocycles. The molecule has 0 bridgehead atoms. The van der Waals surface area contributed by atoms with Crippen LogP contribution in [-0.4, -0.2) is 66.4 Å². The molecule has 4 rings (SSSR count). The second-order valence-corrected chi connectivity index (χ2v) is 8.81. The van der Waals surface area contributed by atoms with Crippen molar-refractivity contribution in [3.8, 4) is 34.5 Å². The third kappa shape index (κ3) is 4.97. The number of hydrogen-bond acceptors (Lipinski definition) is 8. The highest BCUT2D eigenvalue weighted by molar-refractivity contribution is 6.05. The summed E-state index contributed by atoms with van der Waals surface area (Å²) in [7, 11) is 10.8. The minimum absolute atomic E-state index is 0.263. The van der Waals surface area contributed by atoms with Crippen LogP contribution in [-0.2, 0) is 4.79 Å². The van der Waals surface area contributed by atoms with Crippen LogP contribution in [0.4, 0.5) is 5.69 Å². The molecule has 39 heavy (non-hydrogen) atoms. The minimum Gasteiger partial charge on any atom is -0.493 e. The standard InChI is InChI=1S/C29H32N2O8/c1-31-27(16-8-10-20(34-2)22(12-16)36-4)26(18-14-24(38-6)25(39-7)15-19(18)29(31)33)28(32)30-17-9-11-21(35-3)23(13-17)37-5/h8-15,26-27H,1-7H3,(H,30,32). The Bertz CT molecular complexity index is 1390. The van der Waals surface area contributed by atoms with Crippen LogP contribution < -0.4 is 33.7 Å². The van der Waals surface area contributed by atoms with E-state index in [1.807, 2.05) is 6.07 Å². The van der Waals surface area contributed by atoms with E-state index in [4.69, 9.17) is 28.4 Å². The molecule has 10 nitrogen and oxygen atoms in total. The molecule has 1 N–H and O–H groups in total. The summed E-state index contributed by atoms with van der Waals surface area (Å²) in [6, 6.07) is 13.1. The average Bonchev–Trinajstić information content (AvgIpc) is 2.97. The monoisotopic (exact) mass is 536 g/mol. The maximum atomic E-state index is 14.1. The van der Waals surface area contributed by atoms with Crippen LogP contribution in [0, 0.1) is 0 Å². The lowest BCUT2D eigenvalue weighted by atomic mass is 9.79. The van der Waals surface area contributed by atoms with Gasteiger partial charge in [-0.05, 0) is 47.5 Å². The van der Waals surface area contributed by atoms with Crippen molar-refractivity contribution in [2.45, 2.75) is 12.0 Å². The molecule has 10 heteroatoms. The van der Waals surface area contributed by atoms with Gasteiger partial charge in [0, 0.05) is 24.4 Å². The molecule has 0 fully saturated rings. The van der Waals surface area contributed by atoms with Crippen LogP contribution in [0.15, 0.2) is 48.5 Å². The van der Waals surface area contributed by atoms with Crippen molar-refractivity contribution in [2.24, 2.45) is 0 Å². The predicted octanol–water partition coefficient (Wildman–Crippen LogP) is 4.29. The van der Waals surface area contributed by atoms with Crippen molar-refractivity contribution < 1.29 is 38.0 Å². The Hall–Kier alpha value is -4.60. The van der Waals surface area contributed by atoms with E-state index in [9.17, 15) is 9.59 Å². The zero-order valence-electron chi connectivity index (χ0n) is 23.0. The highest BCUT2D eigenvalue weighted by Crippen LogP contribution is 2.47. The Morgan fingerprint density at radius 2 is 1.21 bits per heavy atom. The smallest absolute Gasteiger partial charge is 0.254 e. The Morgan fingerprint density at radius 3 is 1.79 bits per heavy atom. The van der Waals surface area contributed by atoms with E-state index in [0.717, 1.165) is 0 Å². The summed E-state index contributed by atoms with van der Waals surface area (Å²) in [4.78, 5) is 29.3. The number of ether oxygens (including phenoxy) is 6. The Balaban J connectivity index is 1.88. The van der Waals surface area contributed by atoms with Gasteiger partial charge in [0.2, 0.25) is 5.91 Å². The number of nitrogens with one attached hydrogen (secondary N) is 1. The van der Waals surface area contributed by atoms with Crippen molar-refractivity contribution in [1.29, 1.82) is 0 Å². The first-order valence-corrected chi connectivity index (χ1v) is 12.1. The number of amides is 2. The van der Waals surface area contributed by atoms with Crippen molar-refractivity contribution >= 4 is 17.5 Å². The van der Waals surface area contributed by atoms with E-state index in [2.05, 4.69) is 5.32 Å². The maximum absolute atomic E-state index is 14.1. The lowest BCUT2D eigenvalue weighted by molar-refractivity contribution is -0.119. The molecule has 1 heterocycles. The van der Waals surface area contributed by atoms with E-state index in [0.29, 0.717) is 56.9 Å². The van der Waals surface area contributed by atoms with Crippen LogP contribution in [0.3, 0.4) is 0 Å². The first kappa shape index (κ1) is 27.4. The molecule has 0 saturated heterocycles. The number of rotatable bonds is 9. The van der Waals surface area contributed by atoms with Crippen molar-refractivity contribution in [2.75, 3.05) is 55.0 Å². The fourth-order valence-electron chi connectivity index (χ4n) is 4.92. The highest BCUT2D eigenvalue weighted by atomic mass is 16.5. The molecule has 3 aromatic rings. The number of nitrogens with zero attached hydrogens (tertiary/aromatic N) is 1. The fourth-order valence-corrected chi connectivity index (χ4v) is 4.92. The van der Waals surface area contributed by atoms with Gasteiger partial charge in [-0.3, -0.25) is 9.59 Å². The third-order valence-corrected chi connectivity index (χ3v) is 6.86. The molecule has 2 atom stereocenters. The molecule has 1 aliphatic rings. The van der Waals surface area contributed by atoms with E-state index in [-0.39, 0.29) is 11.8 Å². The summed E-state index contributed by atoms with van der Waals surface area (Å²) >= 11 is 0. The number of hydrogen-bond donors (Lipinski definition) is 1. The molecular formula is C29H32N2O8. The molecule has 0 radical (unpaired) electrons. The topological polar surface area (TPSA) is 105 Å². The first-order chi connectivity index (χ1) is 18.8. The van der Waals surface area contributed by atoms with E-state index >= 15 is 0 Å². The molecule has 0 aliphatic carbocycles. The Kier molecular flexibility index (Phi) is 8.04. The van der Waals surface area contributed by atoms with Crippen LogP contribution in [0.2, 0.25) is 0 Å². The summed E-state index contributed by atoms with van der Waals surface area (Å²) in [6.07, 6.45) is 0. The van der Waals surface area contributed by atoms with Crippen LogP contribution in [0.1, 0.15) is 33.4 Å². The molecular weight excluding hydrogens is 504 g/mol. The van der Waals surface area contributed by atoms with Crippen LogP contribution in [0.5, 0.6) is 34.5 Å². The zero-order chi connectivity index (χ0) is 28.3. The van der Waals surface area contributed by atoms with Crippen molar-refractivity contribution in [1.82, 2.24) is 4.90 Å². The number of likely N-dealkylation sites (N-methyl/N-ethyl adjacent to an activating group) is 1. The quantitative estimate of drug-likeness (QED) is 0.432. The summed E-state index contributed by atoms with van der Waals surface area (Å²) in [5.74, 6) is 1.38. The SMILES string of the molecule is COc1ccc(NC(=O)C2c3cc(OC)c(OC)cc3C(=O)N(C)C2c2ccc(OC)c(OC)c2)cc1OC. The first-order valence-electron chi connectivity index (χ1n) is 12.1. The van der Waals surface area contributed by atoms with Gasteiger partial charge in [0.15, 0.2) is 34.5 Å². The zero-order valence-corrected chi connectivity index (χ0v) is 23.0. The number of methoxy groups -OCH3 is 6. The van der Waals surface area contributed by atoms with E-state index in [1.165, 1.54) is 35.5 Å². The molecule has 3 aromatic carbocycles. The lowest BCUT2D eigenvalue weighted by Gasteiger charge is -2.40. The second kappa shape index (κ2) is 11.4. The van der Waals surface area contributed by atoms with Crippen molar-refractivity contribution in [3.63, 3.8) is 0 Å². The largest absolute Gasteiger partial charge is 0.493 e. The summed E-state index contributed by atoms with van der Waals surface area (Å²) in [5.41, 5.74) is 2.05. The third-order valence-electron chi connectivity index (χ3n) is 6.86. The number of carbonyl (C=O) groups is 2. The van der Waals surface area contributed by atoms with Gasteiger partial charge in [0.1, 0.15) is 0 Å². The average molecular weight is 537 g/mol. The predicted molar refractivity (Wildman–Crippen MR) is 145 cm³/mol. The van der Waals surface area contributed by atoms with E-state index < -0.39 is 12.0 Å². The number of anilines is 1. The summed E-state index contributed by atoms with van der Waals surface area (Å²) < 4.78 is 32.6. The molecule has 2 unspecified atom stereocenters. The molecule has 0 spiro atoms. The normalized spacial score (nSPS) is 16.2. The minimum atomic E-state index is -0.825. The van der Waals surface area contributed by atoms with Crippen LogP contribution >= 0.6 is 0 Å². The Morgan fingerprint density at radius 1 is 0.692 bits per heavy atom. The molecule has 1 aliphatic heterocycles. The lowest BCUT2D eigenvalue weighted by Crippen LogP contribution is -2.44. The highest BCUT2D eigenvalue weighted by Gasteiger charge is 2.44. The number of fused-ring (bicyclic) bond motifs is 1. The molecule has 2 amide bonds. The van der Waals surface area contributed by atoms with Crippen molar-refractivity contribution in [3.05, 3.63) is 65.2 Å². The van der Waals surface area contributed by atoms with Gasteiger partial charge in [-0.2, -0.15) is 0 Å². The number of benzene rings is 3. The second-order valence-electron chi connectivity index (χ2n) is 8.81. The van der Waals surface area contributed by atoms with Gasteiger partial charge >= 0.3 is 0 Å². The fraction of sp³-hybridized carbons (Fsp3) is 0.310. The maximum Gasteiger partial charge on any atom is 0.254 e. The van der Waals surface area contributed by atoms with Gasteiger partial charge in [-0.1, -0.05) is 6.07 Å². The summed E-state index contributed by atoms with van der Waals surface area (Å²) in [5, 5.41) is 2.99. The molecule has 206 valence electrons. The Labute approximate surface area is 227 Å². The van der Waals surface area contributed by atoms with Gasteiger partial charge in [0.05, 0.1) is 54.6 Å². The van der Waals surface area contributed by atoms with Gasteiger partial charge in [0.25, 0.3) is 5.91 Å². The molecule has 0 aromatic heterocycles. The van der Waals surface area contributed by atoms with Gasteiger partial charge < -0.3 is 38.6 Å². The van der Waals surface area contributed by atoms with E-state index in [1.54, 1.807) is 61.5 Å². The van der Waals surface area contributed by atoms with Gasteiger partial charge in [-0.15, -0.1) is 0 Å². The van der Waals surface area contributed by atoms with Gasteiger partial charge in [-0.25, -0.2) is 0 Å². The van der Waals surface area contributed by atoms with Crippen LogP contribution in [0.25, 0.3) is 0 Å².